The van der Waals surface area contributed by atoms with Crippen LogP contribution in [0.25, 0.3) is 0 Å². The van der Waals surface area contributed by atoms with Gasteiger partial charge in [-0.1, -0.05) is 32.1 Å². The molecule has 36 heavy (non-hydrogen) atoms. The standard InChI is InChI=1S/C28H36O8/c1-8-14(2)25(32)36-23-15(3)12-27-10-9-20-21(26(20,6)7)19(22(27)31)11-18(13-34-16(4)29)24(28(23,27)33)35-17(5)30/h8,11-12,19-21,23-24,33H,9-10,13H2,1-7H3/b14-8+/t19-,20+,21-,23-,24+,27+,28+/m0/s1. The van der Waals surface area contributed by atoms with E-state index in [4.69, 9.17) is 14.2 Å². The summed E-state index contributed by atoms with van der Waals surface area (Å²) in [5.74, 6) is -2.31. The number of ketones is 1. The molecule has 0 aromatic rings. The molecule has 4 rings (SSSR count). The predicted octanol–water partition coefficient (Wildman–Crippen LogP) is 3.23. The monoisotopic (exact) mass is 500 g/mol. The lowest BCUT2D eigenvalue weighted by Gasteiger charge is -2.47. The van der Waals surface area contributed by atoms with E-state index in [1.165, 1.54) is 13.8 Å². The number of ether oxygens (including phenoxy) is 3. The number of carbonyl (C=O) groups is 4. The molecular weight excluding hydrogens is 464 g/mol. The summed E-state index contributed by atoms with van der Waals surface area (Å²) in [5, 5.41) is 12.7. The summed E-state index contributed by atoms with van der Waals surface area (Å²) in [6.45, 7) is 11.5. The predicted molar refractivity (Wildman–Crippen MR) is 129 cm³/mol. The van der Waals surface area contributed by atoms with Crippen LogP contribution in [0.2, 0.25) is 0 Å². The molecule has 4 aliphatic rings. The molecule has 0 aliphatic heterocycles. The van der Waals surface area contributed by atoms with Gasteiger partial charge in [0.2, 0.25) is 0 Å². The molecule has 0 unspecified atom stereocenters. The maximum atomic E-state index is 14.4. The van der Waals surface area contributed by atoms with Crippen molar-refractivity contribution < 1.29 is 38.5 Å². The third kappa shape index (κ3) is 3.67. The van der Waals surface area contributed by atoms with E-state index < -0.39 is 47.0 Å². The highest BCUT2D eigenvalue weighted by Crippen LogP contribution is 2.70. The lowest BCUT2D eigenvalue weighted by atomic mass is 9.63. The molecule has 2 saturated carbocycles. The zero-order valence-corrected chi connectivity index (χ0v) is 22.0. The Kier molecular flexibility index (Phi) is 6.35. The first-order valence-corrected chi connectivity index (χ1v) is 12.5. The van der Waals surface area contributed by atoms with E-state index in [9.17, 15) is 24.3 Å². The molecule has 7 atom stereocenters. The third-order valence-electron chi connectivity index (χ3n) is 8.96. The van der Waals surface area contributed by atoms with Crippen molar-refractivity contribution in [1.29, 1.82) is 0 Å². The van der Waals surface area contributed by atoms with Crippen LogP contribution in [0, 0.1) is 28.6 Å². The van der Waals surface area contributed by atoms with Gasteiger partial charge in [-0.3, -0.25) is 14.4 Å². The van der Waals surface area contributed by atoms with Crippen molar-refractivity contribution in [2.75, 3.05) is 6.61 Å². The Morgan fingerprint density at radius 2 is 1.78 bits per heavy atom. The first kappa shape index (κ1) is 26.3. The maximum Gasteiger partial charge on any atom is 0.334 e. The lowest BCUT2D eigenvalue weighted by Crippen LogP contribution is -2.64. The maximum absolute atomic E-state index is 14.4. The van der Waals surface area contributed by atoms with Gasteiger partial charge in [-0.05, 0) is 56.4 Å². The van der Waals surface area contributed by atoms with Crippen molar-refractivity contribution in [2.45, 2.75) is 79.1 Å². The molecule has 2 fully saturated rings. The van der Waals surface area contributed by atoms with E-state index in [1.807, 2.05) is 0 Å². The lowest BCUT2D eigenvalue weighted by molar-refractivity contribution is -0.205. The van der Waals surface area contributed by atoms with Gasteiger partial charge in [-0.15, -0.1) is 0 Å². The van der Waals surface area contributed by atoms with Gasteiger partial charge >= 0.3 is 17.9 Å². The number of aliphatic hydroxyl groups is 1. The molecule has 8 heteroatoms. The van der Waals surface area contributed by atoms with Gasteiger partial charge in [0, 0.05) is 30.9 Å². The van der Waals surface area contributed by atoms with Gasteiger partial charge < -0.3 is 19.3 Å². The van der Waals surface area contributed by atoms with Crippen LogP contribution in [-0.4, -0.2) is 53.2 Å². The minimum Gasteiger partial charge on any atom is -0.461 e. The zero-order valence-electron chi connectivity index (χ0n) is 22.0. The van der Waals surface area contributed by atoms with E-state index in [0.717, 1.165) is 0 Å². The first-order chi connectivity index (χ1) is 16.7. The van der Waals surface area contributed by atoms with Crippen molar-refractivity contribution in [2.24, 2.45) is 28.6 Å². The van der Waals surface area contributed by atoms with Gasteiger partial charge in [0.15, 0.2) is 23.6 Å². The number of allylic oxidation sites excluding steroid dienone is 2. The smallest absolute Gasteiger partial charge is 0.334 e. The van der Waals surface area contributed by atoms with Crippen LogP contribution in [-0.2, 0) is 33.4 Å². The van der Waals surface area contributed by atoms with Crippen molar-refractivity contribution in [3.63, 3.8) is 0 Å². The fourth-order valence-electron chi connectivity index (χ4n) is 7.01. The molecule has 8 nitrogen and oxygen atoms in total. The summed E-state index contributed by atoms with van der Waals surface area (Å²) < 4.78 is 16.9. The van der Waals surface area contributed by atoms with Gasteiger partial charge in [0.25, 0.3) is 0 Å². The van der Waals surface area contributed by atoms with E-state index in [0.29, 0.717) is 29.6 Å². The first-order valence-electron chi connectivity index (χ1n) is 12.5. The van der Waals surface area contributed by atoms with E-state index >= 15 is 0 Å². The van der Waals surface area contributed by atoms with Crippen LogP contribution in [0.15, 0.2) is 34.9 Å². The summed E-state index contributed by atoms with van der Waals surface area (Å²) in [7, 11) is 0. The molecule has 1 N–H and O–H groups in total. The second-order valence-corrected chi connectivity index (χ2v) is 11.3. The minimum atomic E-state index is -2.11. The van der Waals surface area contributed by atoms with Crippen molar-refractivity contribution in [3.05, 3.63) is 34.9 Å². The molecule has 0 radical (unpaired) electrons. The molecule has 0 aromatic carbocycles. The average Bonchev–Trinajstić information content (AvgIpc) is 3.32. The topological polar surface area (TPSA) is 116 Å². The minimum absolute atomic E-state index is 0.0395. The van der Waals surface area contributed by atoms with Crippen LogP contribution in [0.1, 0.15) is 61.3 Å². The number of hydrogen-bond donors (Lipinski definition) is 1. The molecular formula is C28H36O8. The van der Waals surface area contributed by atoms with Gasteiger partial charge in [0.05, 0.1) is 5.41 Å². The summed E-state index contributed by atoms with van der Waals surface area (Å²) in [5.41, 5.74) is -2.44. The summed E-state index contributed by atoms with van der Waals surface area (Å²) in [6, 6.07) is 0. The average molecular weight is 501 g/mol. The molecule has 4 aliphatic carbocycles. The Bertz CT molecular complexity index is 1110. The van der Waals surface area contributed by atoms with Gasteiger partial charge in [0.1, 0.15) is 6.61 Å². The quantitative estimate of drug-likeness (QED) is 0.265. The van der Waals surface area contributed by atoms with Crippen molar-refractivity contribution >= 4 is 23.7 Å². The number of carbonyl (C=O) groups excluding carboxylic acids is 4. The number of Topliss-reactive ketones (excluding diaryl/α,β-unsaturated/α-hetero) is 1. The Labute approximate surface area is 211 Å². The number of hydrogen-bond acceptors (Lipinski definition) is 8. The molecule has 196 valence electrons. The highest BCUT2D eigenvalue weighted by atomic mass is 16.6. The second kappa shape index (κ2) is 8.68. The summed E-state index contributed by atoms with van der Waals surface area (Å²) in [6.07, 6.45) is 3.47. The van der Waals surface area contributed by atoms with Crippen LogP contribution < -0.4 is 0 Å². The van der Waals surface area contributed by atoms with Crippen LogP contribution >= 0.6 is 0 Å². The molecule has 0 aromatic heterocycles. The molecule has 0 saturated heterocycles. The summed E-state index contributed by atoms with van der Waals surface area (Å²) in [4.78, 5) is 51.3. The zero-order chi connectivity index (χ0) is 26.8. The number of rotatable bonds is 5. The molecule has 2 bridgehead atoms. The Hall–Kier alpha value is -2.74. The van der Waals surface area contributed by atoms with Crippen molar-refractivity contribution in [3.8, 4) is 0 Å². The normalized spacial score (nSPS) is 38.4. The van der Waals surface area contributed by atoms with E-state index in [2.05, 4.69) is 13.8 Å². The largest absolute Gasteiger partial charge is 0.461 e. The number of fused-ring (bicyclic) bond motifs is 3. The van der Waals surface area contributed by atoms with E-state index in [1.54, 1.807) is 39.0 Å². The number of esters is 3. The highest BCUT2D eigenvalue weighted by molar-refractivity contribution is 5.95. The highest BCUT2D eigenvalue weighted by Gasteiger charge is 2.75. The molecule has 1 spiro atoms. The Morgan fingerprint density at radius 3 is 2.36 bits per heavy atom. The van der Waals surface area contributed by atoms with Gasteiger partial charge in [-0.25, -0.2) is 4.79 Å². The third-order valence-corrected chi connectivity index (χ3v) is 8.96. The van der Waals surface area contributed by atoms with Gasteiger partial charge in [-0.2, -0.15) is 0 Å². The Morgan fingerprint density at radius 1 is 1.11 bits per heavy atom. The van der Waals surface area contributed by atoms with Crippen molar-refractivity contribution in [1.82, 2.24) is 0 Å². The fourth-order valence-corrected chi connectivity index (χ4v) is 7.01. The summed E-state index contributed by atoms with van der Waals surface area (Å²) >= 11 is 0. The van der Waals surface area contributed by atoms with Crippen LogP contribution in [0.4, 0.5) is 0 Å². The SMILES string of the molecule is C/C=C(\C)C(=O)O[C@H]1C(C)=C[C@@]23CC[C@@H]4[C@H]([C@H](C=C(COC(C)=O)[C@@H](OC(C)=O)[C@]12O)C3=O)C4(C)C. The van der Waals surface area contributed by atoms with E-state index in [-0.39, 0.29) is 29.6 Å². The van der Waals surface area contributed by atoms with Crippen LogP contribution in [0.3, 0.4) is 0 Å². The molecule has 0 amide bonds. The fraction of sp³-hybridized carbons (Fsp3) is 0.643. The Balaban J connectivity index is 1.93. The second-order valence-electron chi connectivity index (χ2n) is 11.3. The molecule has 0 heterocycles. The van der Waals surface area contributed by atoms with Crippen LogP contribution in [0.5, 0.6) is 0 Å².